The Bertz CT molecular complexity index is 149. The largest absolute Gasteiger partial charge is 0.328 e. The number of hydrogen-bond donors (Lipinski definition) is 2. The van der Waals surface area contributed by atoms with Gasteiger partial charge in [-0.25, -0.2) is 0 Å². The van der Waals surface area contributed by atoms with Crippen molar-refractivity contribution in [2.75, 3.05) is 6.61 Å². The molecular weight excluding hydrogens is 247 g/mol. The van der Waals surface area contributed by atoms with Crippen LogP contribution in [0.3, 0.4) is 0 Å². The molecule has 0 aliphatic heterocycles. The maximum absolute atomic E-state index is 8.58. The molecule has 1 unspecified atom stereocenters. The molecule has 1 atom stereocenters. The summed E-state index contributed by atoms with van der Waals surface area (Å²) in [5, 5.41) is 0. The van der Waals surface area contributed by atoms with E-state index in [9.17, 15) is 0 Å². The minimum atomic E-state index is -2.28. The fourth-order valence-corrected chi connectivity index (χ4v) is 2.28. The average molecular weight is 270 g/mol. The van der Waals surface area contributed by atoms with Gasteiger partial charge >= 0.3 is 8.60 Å². The van der Waals surface area contributed by atoms with Crippen LogP contribution in [0.2, 0.25) is 0 Å². The van der Waals surface area contributed by atoms with Crippen molar-refractivity contribution >= 4 is 20.6 Å². The SMILES string of the molecule is CCCCCCCCOSC(C)OP(O)O. The molecule has 2 N–H and O–H groups in total. The lowest BCUT2D eigenvalue weighted by Gasteiger charge is -2.11. The molecule has 0 heterocycles. The van der Waals surface area contributed by atoms with Crippen molar-refractivity contribution in [1.29, 1.82) is 0 Å². The molecule has 16 heavy (non-hydrogen) atoms. The Hall–Kier alpha value is 0.620. The third-order valence-electron chi connectivity index (χ3n) is 2.03. The Morgan fingerprint density at radius 1 is 1.12 bits per heavy atom. The quantitative estimate of drug-likeness (QED) is 0.260. The minimum absolute atomic E-state index is 0.332. The summed E-state index contributed by atoms with van der Waals surface area (Å²) in [6, 6.07) is 0. The highest BCUT2D eigenvalue weighted by atomic mass is 32.2. The fourth-order valence-electron chi connectivity index (χ4n) is 1.24. The van der Waals surface area contributed by atoms with Crippen molar-refractivity contribution in [3.8, 4) is 0 Å². The van der Waals surface area contributed by atoms with E-state index in [1.54, 1.807) is 6.92 Å². The highest BCUT2D eigenvalue weighted by molar-refractivity contribution is 7.95. The van der Waals surface area contributed by atoms with Gasteiger partial charge < -0.3 is 14.0 Å². The third kappa shape index (κ3) is 12.7. The lowest BCUT2D eigenvalue weighted by Crippen LogP contribution is -2.00. The monoisotopic (exact) mass is 270 g/mol. The molecule has 0 saturated heterocycles. The molecule has 0 aromatic heterocycles. The summed E-state index contributed by atoms with van der Waals surface area (Å²) in [7, 11) is -2.28. The minimum Gasteiger partial charge on any atom is -0.328 e. The Morgan fingerprint density at radius 2 is 1.75 bits per heavy atom. The van der Waals surface area contributed by atoms with Gasteiger partial charge in [-0.15, -0.1) is 0 Å². The fraction of sp³-hybridized carbons (Fsp3) is 1.00. The van der Waals surface area contributed by atoms with Crippen LogP contribution in [0.4, 0.5) is 0 Å². The van der Waals surface area contributed by atoms with Gasteiger partial charge in [0.1, 0.15) is 5.44 Å². The van der Waals surface area contributed by atoms with E-state index in [2.05, 4.69) is 6.92 Å². The summed E-state index contributed by atoms with van der Waals surface area (Å²) in [4.78, 5) is 17.2. The second-order valence-electron chi connectivity index (χ2n) is 3.61. The predicted molar refractivity (Wildman–Crippen MR) is 68.8 cm³/mol. The van der Waals surface area contributed by atoms with E-state index in [0.717, 1.165) is 18.5 Å². The van der Waals surface area contributed by atoms with Crippen molar-refractivity contribution in [3.63, 3.8) is 0 Å². The molecule has 0 aromatic carbocycles. The molecular formula is C10H23O4PS. The summed E-state index contributed by atoms with van der Waals surface area (Å²) in [6.07, 6.45) is 7.41. The first kappa shape index (κ1) is 16.6. The lowest BCUT2D eigenvalue weighted by atomic mass is 10.1. The Balaban J connectivity index is 3.08. The summed E-state index contributed by atoms with van der Waals surface area (Å²) >= 11 is 1.15. The van der Waals surface area contributed by atoms with Crippen LogP contribution >= 0.6 is 20.6 Å². The van der Waals surface area contributed by atoms with Gasteiger partial charge in [0, 0.05) is 12.0 Å². The van der Waals surface area contributed by atoms with E-state index < -0.39 is 8.60 Å². The van der Waals surface area contributed by atoms with Crippen molar-refractivity contribution in [2.45, 2.75) is 57.8 Å². The Labute approximate surface area is 104 Å². The van der Waals surface area contributed by atoms with Crippen LogP contribution in [0, 0.1) is 0 Å². The van der Waals surface area contributed by atoms with Crippen LogP contribution in [0.5, 0.6) is 0 Å². The second kappa shape index (κ2) is 12.1. The summed E-state index contributed by atoms with van der Waals surface area (Å²) < 4.78 is 10.0. The number of unbranched alkanes of at least 4 members (excludes halogenated alkanes) is 5. The molecule has 0 rings (SSSR count). The van der Waals surface area contributed by atoms with Crippen molar-refractivity contribution in [1.82, 2.24) is 0 Å². The van der Waals surface area contributed by atoms with E-state index in [-0.39, 0.29) is 5.44 Å². The van der Waals surface area contributed by atoms with Crippen LogP contribution in [-0.4, -0.2) is 21.8 Å². The van der Waals surface area contributed by atoms with Gasteiger partial charge in [-0.1, -0.05) is 39.0 Å². The lowest BCUT2D eigenvalue weighted by molar-refractivity contribution is 0.235. The van der Waals surface area contributed by atoms with E-state index in [0.29, 0.717) is 6.61 Å². The topological polar surface area (TPSA) is 58.9 Å². The van der Waals surface area contributed by atoms with E-state index in [1.807, 2.05) is 0 Å². The first-order valence-corrected chi connectivity index (χ1v) is 7.76. The molecule has 0 aliphatic rings. The zero-order chi connectivity index (χ0) is 12.2. The summed E-state index contributed by atoms with van der Waals surface area (Å²) in [5.41, 5.74) is -0.332. The number of hydrogen-bond acceptors (Lipinski definition) is 5. The smallest absolute Gasteiger partial charge is 0.328 e. The maximum Gasteiger partial charge on any atom is 0.328 e. The van der Waals surface area contributed by atoms with Crippen LogP contribution in [0.15, 0.2) is 0 Å². The van der Waals surface area contributed by atoms with E-state index in [1.165, 1.54) is 32.1 Å². The van der Waals surface area contributed by atoms with Crippen molar-refractivity contribution < 1.29 is 18.5 Å². The number of rotatable bonds is 11. The molecule has 98 valence electrons. The van der Waals surface area contributed by atoms with Crippen LogP contribution in [0.25, 0.3) is 0 Å². The third-order valence-corrected chi connectivity index (χ3v) is 3.34. The van der Waals surface area contributed by atoms with Crippen LogP contribution in [0.1, 0.15) is 52.4 Å². The molecule has 0 aromatic rings. The van der Waals surface area contributed by atoms with E-state index in [4.69, 9.17) is 18.5 Å². The first-order chi connectivity index (χ1) is 7.66. The molecule has 0 fully saturated rings. The Kier molecular flexibility index (Phi) is 12.6. The zero-order valence-corrected chi connectivity index (χ0v) is 11.8. The second-order valence-corrected chi connectivity index (χ2v) is 5.42. The van der Waals surface area contributed by atoms with Gasteiger partial charge in [0.05, 0.1) is 6.61 Å². The van der Waals surface area contributed by atoms with Gasteiger partial charge in [0.2, 0.25) is 0 Å². The molecule has 0 saturated carbocycles. The summed E-state index contributed by atoms with van der Waals surface area (Å²) in [5.74, 6) is 0. The average Bonchev–Trinajstić information content (AvgIpc) is 2.21. The molecule has 6 heteroatoms. The zero-order valence-electron chi connectivity index (χ0n) is 10.1. The molecule has 0 spiro atoms. The first-order valence-electron chi connectivity index (χ1n) is 5.79. The highest BCUT2D eigenvalue weighted by Gasteiger charge is 2.09. The van der Waals surface area contributed by atoms with Crippen LogP contribution < -0.4 is 0 Å². The predicted octanol–water partition coefficient (Wildman–Crippen LogP) is 3.59. The van der Waals surface area contributed by atoms with Crippen LogP contribution in [-0.2, 0) is 8.71 Å². The van der Waals surface area contributed by atoms with E-state index >= 15 is 0 Å². The van der Waals surface area contributed by atoms with Gasteiger partial charge in [-0.3, -0.25) is 4.52 Å². The van der Waals surface area contributed by atoms with Gasteiger partial charge in [0.25, 0.3) is 0 Å². The van der Waals surface area contributed by atoms with Crippen molar-refractivity contribution in [2.24, 2.45) is 0 Å². The van der Waals surface area contributed by atoms with Gasteiger partial charge in [-0.05, 0) is 13.3 Å². The van der Waals surface area contributed by atoms with Crippen molar-refractivity contribution in [3.05, 3.63) is 0 Å². The molecule has 0 radical (unpaired) electrons. The molecule has 0 bridgehead atoms. The van der Waals surface area contributed by atoms with Gasteiger partial charge in [-0.2, -0.15) is 0 Å². The maximum atomic E-state index is 8.58. The summed E-state index contributed by atoms with van der Waals surface area (Å²) in [6.45, 7) is 4.63. The normalized spacial score (nSPS) is 13.3. The highest BCUT2D eigenvalue weighted by Crippen LogP contribution is 2.31. The molecule has 0 aliphatic carbocycles. The standard InChI is InChI=1S/C10H23O4PS/c1-3-4-5-6-7-8-9-13-16-10(2)14-15(11)12/h10-12H,3-9H2,1-2H3. The molecule has 0 amide bonds. The molecule has 4 nitrogen and oxygen atoms in total. The van der Waals surface area contributed by atoms with Gasteiger partial charge in [0.15, 0.2) is 0 Å². The Morgan fingerprint density at radius 3 is 2.38 bits per heavy atom.